The Morgan fingerprint density at radius 3 is 2.26 bits per heavy atom. The van der Waals surface area contributed by atoms with Crippen LogP contribution in [-0.2, 0) is 9.47 Å². The van der Waals surface area contributed by atoms with Crippen LogP contribution >= 0.6 is 15.9 Å². The van der Waals surface area contributed by atoms with Crippen molar-refractivity contribution in [3.8, 4) is 0 Å². The molecule has 1 aromatic carbocycles. The molecule has 1 aromatic rings. The molecule has 0 spiro atoms. The van der Waals surface area contributed by atoms with E-state index < -0.39 is 6.10 Å². The fourth-order valence-corrected chi connectivity index (χ4v) is 3.08. The molecule has 3 unspecified atom stereocenters. The van der Waals surface area contributed by atoms with Crippen LogP contribution in [0.2, 0.25) is 0 Å². The Morgan fingerprint density at radius 2 is 1.84 bits per heavy atom. The third-order valence-electron chi connectivity index (χ3n) is 3.62. The topological polar surface area (TPSA) is 41.9 Å². The van der Waals surface area contributed by atoms with Gasteiger partial charge in [0, 0.05) is 31.8 Å². The van der Waals surface area contributed by atoms with Crippen molar-refractivity contribution in [1.82, 2.24) is 0 Å². The fourth-order valence-electron chi connectivity index (χ4n) is 2.43. The van der Waals surface area contributed by atoms with Gasteiger partial charge >= 0.3 is 0 Å². The highest BCUT2D eigenvalue weighted by atomic mass is 79.9. The van der Waals surface area contributed by atoms with Gasteiger partial charge in [0.25, 0.3) is 0 Å². The van der Waals surface area contributed by atoms with Gasteiger partial charge in [0.05, 0.1) is 11.8 Å². The summed E-state index contributed by atoms with van der Waals surface area (Å²) < 4.78 is 11.9. The first-order valence-electron chi connectivity index (χ1n) is 6.35. The molecule has 1 fully saturated rings. The SMILES string of the molecule is COC1CN(c2ccc(C(C)O)cc2Br)CC1OC. The minimum atomic E-state index is -0.456. The quantitative estimate of drug-likeness (QED) is 0.920. The number of aliphatic hydroxyl groups excluding tert-OH is 1. The first kappa shape index (κ1) is 14.8. The van der Waals surface area contributed by atoms with Gasteiger partial charge in [-0.2, -0.15) is 0 Å². The standard InChI is InChI=1S/C14H20BrNO3/c1-9(17)10-4-5-12(11(15)6-10)16-7-13(18-2)14(8-16)19-3/h4-6,9,13-14,17H,7-8H2,1-3H3. The summed E-state index contributed by atoms with van der Waals surface area (Å²) in [6, 6.07) is 5.94. The van der Waals surface area contributed by atoms with E-state index >= 15 is 0 Å². The fraction of sp³-hybridized carbons (Fsp3) is 0.571. The minimum Gasteiger partial charge on any atom is -0.389 e. The molecule has 4 nitrogen and oxygen atoms in total. The van der Waals surface area contributed by atoms with E-state index in [1.54, 1.807) is 21.1 Å². The number of benzene rings is 1. The predicted molar refractivity (Wildman–Crippen MR) is 78.6 cm³/mol. The normalized spacial score (nSPS) is 24.8. The third kappa shape index (κ3) is 3.11. The molecule has 19 heavy (non-hydrogen) atoms. The average molecular weight is 330 g/mol. The van der Waals surface area contributed by atoms with Crippen molar-refractivity contribution in [2.75, 3.05) is 32.2 Å². The Balaban J connectivity index is 2.19. The predicted octanol–water partition coefficient (Wildman–Crippen LogP) is 2.35. The lowest BCUT2D eigenvalue weighted by atomic mass is 10.1. The number of ether oxygens (including phenoxy) is 2. The molecule has 1 heterocycles. The maximum Gasteiger partial charge on any atom is 0.102 e. The number of hydrogen-bond donors (Lipinski definition) is 1. The monoisotopic (exact) mass is 329 g/mol. The molecule has 0 aromatic heterocycles. The van der Waals surface area contributed by atoms with Gasteiger partial charge in [-0.05, 0) is 40.5 Å². The van der Waals surface area contributed by atoms with E-state index in [1.165, 1.54) is 0 Å². The number of aliphatic hydroxyl groups is 1. The molecule has 0 radical (unpaired) electrons. The van der Waals surface area contributed by atoms with Gasteiger partial charge in [-0.1, -0.05) is 6.07 Å². The van der Waals surface area contributed by atoms with Crippen molar-refractivity contribution < 1.29 is 14.6 Å². The molecule has 0 aliphatic carbocycles. The van der Waals surface area contributed by atoms with Gasteiger partial charge in [0.15, 0.2) is 0 Å². The first-order valence-corrected chi connectivity index (χ1v) is 7.14. The number of hydrogen-bond acceptors (Lipinski definition) is 4. The number of rotatable bonds is 4. The zero-order valence-corrected chi connectivity index (χ0v) is 13.1. The average Bonchev–Trinajstić information content (AvgIpc) is 2.81. The van der Waals surface area contributed by atoms with Crippen molar-refractivity contribution in [3.05, 3.63) is 28.2 Å². The largest absolute Gasteiger partial charge is 0.389 e. The van der Waals surface area contributed by atoms with Gasteiger partial charge in [-0.15, -0.1) is 0 Å². The second-order valence-corrected chi connectivity index (χ2v) is 5.69. The van der Waals surface area contributed by atoms with Crippen LogP contribution in [0.1, 0.15) is 18.6 Å². The summed E-state index contributed by atoms with van der Waals surface area (Å²) in [5, 5.41) is 9.59. The van der Waals surface area contributed by atoms with Gasteiger partial charge in [0.1, 0.15) is 12.2 Å². The first-order chi connectivity index (χ1) is 9.06. The van der Waals surface area contributed by atoms with Crippen LogP contribution in [-0.4, -0.2) is 44.6 Å². The zero-order chi connectivity index (χ0) is 14.0. The Labute approximate surface area is 122 Å². The second kappa shape index (κ2) is 6.22. The summed E-state index contributed by atoms with van der Waals surface area (Å²) >= 11 is 3.57. The van der Waals surface area contributed by atoms with E-state index in [-0.39, 0.29) is 12.2 Å². The lowest BCUT2D eigenvalue weighted by molar-refractivity contribution is -0.00461. The van der Waals surface area contributed by atoms with Crippen LogP contribution in [0.3, 0.4) is 0 Å². The molecule has 0 amide bonds. The van der Waals surface area contributed by atoms with Crippen LogP contribution in [0.5, 0.6) is 0 Å². The molecule has 3 atom stereocenters. The van der Waals surface area contributed by atoms with Crippen molar-refractivity contribution in [2.24, 2.45) is 0 Å². The molecule has 0 bridgehead atoms. The van der Waals surface area contributed by atoms with Gasteiger partial charge in [-0.3, -0.25) is 0 Å². The summed E-state index contributed by atoms with van der Waals surface area (Å²) in [6.45, 7) is 3.38. The molecule has 0 saturated carbocycles. The van der Waals surface area contributed by atoms with Crippen molar-refractivity contribution >= 4 is 21.6 Å². The molecule has 1 aliphatic rings. The lowest BCUT2D eigenvalue weighted by Crippen LogP contribution is -2.27. The van der Waals surface area contributed by atoms with Crippen LogP contribution < -0.4 is 4.90 Å². The Hall–Kier alpha value is -0.620. The van der Waals surface area contributed by atoms with E-state index in [1.807, 2.05) is 18.2 Å². The Kier molecular flexibility index (Phi) is 4.84. The smallest absolute Gasteiger partial charge is 0.102 e. The Bertz CT molecular complexity index is 427. The van der Waals surface area contributed by atoms with Gasteiger partial charge in [0.2, 0.25) is 0 Å². The van der Waals surface area contributed by atoms with Crippen molar-refractivity contribution in [3.63, 3.8) is 0 Å². The Morgan fingerprint density at radius 1 is 1.26 bits per heavy atom. The number of anilines is 1. The molecule has 1 aliphatic heterocycles. The third-order valence-corrected chi connectivity index (χ3v) is 4.25. The van der Waals surface area contributed by atoms with Gasteiger partial charge < -0.3 is 19.5 Å². The second-order valence-electron chi connectivity index (χ2n) is 4.84. The molecular formula is C14H20BrNO3. The molecule has 5 heteroatoms. The molecular weight excluding hydrogens is 310 g/mol. The number of methoxy groups -OCH3 is 2. The molecule has 1 saturated heterocycles. The van der Waals surface area contributed by atoms with Crippen molar-refractivity contribution in [2.45, 2.75) is 25.2 Å². The van der Waals surface area contributed by atoms with E-state index in [0.717, 1.165) is 28.8 Å². The summed E-state index contributed by atoms with van der Waals surface area (Å²) in [6.07, 6.45) is -0.274. The summed E-state index contributed by atoms with van der Waals surface area (Å²) in [7, 11) is 3.43. The van der Waals surface area contributed by atoms with Crippen LogP contribution in [0.15, 0.2) is 22.7 Å². The van der Waals surface area contributed by atoms with Gasteiger partial charge in [-0.25, -0.2) is 0 Å². The van der Waals surface area contributed by atoms with E-state index in [9.17, 15) is 5.11 Å². The minimum absolute atomic E-state index is 0.0911. The maximum atomic E-state index is 9.59. The van der Waals surface area contributed by atoms with E-state index in [0.29, 0.717) is 0 Å². The lowest BCUT2D eigenvalue weighted by Gasteiger charge is -2.20. The van der Waals surface area contributed by atoms with Crippen LogP contribution in [0, 0.1) is 0 Å². The zero-order valence-electron chi connectivity index (χ0n) is 11.5. The molecule has 2 rings (SSSR count). The highest BCUT2D eigenvalue weighted by Crippen LogP contribution is 2.32. The van der Waals surface area contributed by atoms with E-state index in [4.69, 9.17) is 9.47 Å². The highest BCUT2D eigenvalue weighted by molar-refractivity contribution is 9.10. The summed E-state index contributed by atoms with van der Waals surface area (Å²) in [4.78, 5) is 2.23. The number of halogens is 1. The summed E-state index contributed by atoms with van der Waals surface area (Å²) in [5.74, 6) is 0. The van der Waals surface area contributed by atoms with E-state index in [2.05, 4.69) is 20.8 Å². The number of nitrogens with zero attached hydrogens (tertiary/aromatic N) is 1. The molecule has 106 valence electrons. The maximum absolute atomic E-state index is 9.59. The highest BCUT2D eigenvalue weighted by Gasteiger charge is 2.33. The van der Waals surface area contributed by atoms with Crippen LogP contribution in [0.25, 0.3) is 0 Å². The van der Waals surface area contributed by atoms with Crippen LogP contribution in [0.4, 0.5) is 5.69 Å². The van der Waals surface area contributed by atoms with Crippen molar-refractivity contribution in [1.29, 1.82) is 0 Å². The molecule has 1 N–H and O–H groups in total. The summed E-state index contributed by atoms with van der Waals surface area (Å²) in [5.41, 5.74) is 2.01.